The number of nitrogens with zero attached hydrogens (tertiary/aromatic N) is 1. The predicted octanol–water partition coefficient (Wildman–Crippen LogP) is 3.55. The fourth-order valence-corrected chi connectivity index (χ4v) is 1.69. The van der Waals surface area contributed by atoms with Gasteiger partial charge in [-0.15, -0.1) is 0 Å². The van der Waals surface area contributed by atoms with Crippen LogP contribution in [-0.4, -0.2) is 10.8 Å². The second-order valence-corrected chi connectivity index (χ2v) is 4.19. The topological polar surface area (TPSA) is 30.0 Å². The molecule has 0 radical (unpaired) electrons. The number of hydrogen-bond donors (Lipinski definition) is 0. The normalized spacial score (nSPS) is 10.2. The molecular weight excluding hydrogens is 234 g/mol. The second-order valence-electron chi connectivity index (χ2n) is 3.75. The van der Waals surface area contributed by atoms with Crippen molar-refractivity contribution in [2.45, 2.75) is 12.8 Å². The highest BCUT2D eigenvalue weighted by Crippen LogP contribution is 2.12. The van der Waals surface area contributed by atoms with Gasteiger partial charge in [0, 0.05) is 28.9 Å². The molecule has 0 saturated heterocycles. The number of pyridine rings is 1. The van der Waals surface area contributed by atoms with E-state index in [1.54, 1.807) is 30.5 Å². The summed E-state index contributed by atoms with van der Waals surface area (Å²) in [5, 5.41) is 0.645. The molecule has 0 unspecified atom stereocenters. The average Bonchev–Trinajstić information content (AvgIpc) is 2.38. The molecule has 0 amide bonds. The van der Waals surface area contributed by atoms with Crippen molar-refractivity contribution < 1.29 is 4.79 Å². The van der Waals surface area contributed by atoms with Crippen LogP contribution in [0.4, 0.5) is 0 Å². The number of halogens is 1. The fourth-order valence-electron chi connectivity index (χ4n) is 1.57. The van der Waals surface area contributed by atoms with E-state index in [1.807, 2.05) is 18.2 Å². The first-order valence-electron chi connectivity index (χ1n) is 5.44. The highest BCUT2D eigenvalue weighted by atomic mass is 35.5. The number of carbonyl (C=O) groups excluding carboxylic acids is 1. The molecule has 0 N–H and O–H groups in total. The molecule has 2 rings (SSSR count). The number of ketones is 1. The lowest BCUT2D eigenvalue weighted by atomic mass is 10.1. The number of rotatable bonds is 4. The summed E-state index contributed by atoms with van der Waals surface area (Å²) < 4.78 is 0. The van der Waals surface area contributed by atoms with Crippen molar-refractivity contribution >= 4 is 17.4 Å². The average molecular weight is 246 g/mol. The molecule has 1 aromatic heterocycles. The molecular formula is C14H12ClNO. The Bertz CT molecular complexity index is 493. The summed E-state index contributed by atoms with van der Waals surface area (Å²) in [6.07, 6.45) is 2.88. The Morgan fingerprint density at radius 2 is 1.88 bits per heavy atom. The van der Waals surface area contributed by atoms with E-state index in [1.165, 1.54) is 0 Å². The Morgan fingerprint density at radius 3 is 2.53 bits per heavy atom. The van der Waals surface area contributed by atoms with Crippen LogP contribution in [0.15, 0.2) is 48.7 Å². The molecule has 0 spiro atoms. The summed E-state index contributed by atoms with van der Waals surface area (Å²) in [5.74, 6) is 0.118. The van der Waals surface area contributed by atoms with Crippen LogP contribution in [0.3, 0.4) is 0 Å². The molecule has 1 heterocycles. The standard InChI is InChI=1S/C14H12ClNO/c15-12-6-4-11(5-7-12)14(17)9-8-13-3-1-2-10-16-13/h1-7,10H,8-9H2. The van der Waals surface area contributed by atoms with E-state index in [0.29, 0.717) is 23.4 Å². The highest BCUT2D eigenvalue weighted by Gasteiger charge is 2.06. The van der Waals surface area contributed by atoms with Crippen molar-refractivity contribution in [1.29, 1.82) is 0 Å². The summed E-state index contributed by atoms with van der Waals surface area (Å²) in [4.78, 5) is 16.0. The van der Waals surface area contributed by atoms with Crippen molar-refractivity contribution in [3.05, 3.63) is 64.9 Å². The quantitative estimate of drug-likeness (QED) is 0.771. The van der Waals surface area contributed by atoms with E-state index in [-0.39, 0.29) is 5.78 Å². The molecule has 86 valence electrons. The number of hydrogen-bond acceptors (Lipinski definition) is 2. The molecule has 2 nitrogen and oxygen atoms in total. The van der Waals surface area contributed by atoms with Crippen LogP contribution in [0.25, 0.3) is 0 Å². The highest BCUT2D eigenvalue weighted by molar-refractivity contribution is 6.30. The molecule has 0 saturated carbocycles. The van der Waals surface area contributed by atoms with Gasteiger partial charge in [-0.3, -0.25) is 9.78 Å². The summed E-state index contributed by atoms with van der Waals surface area (Å²) in [6.45, 7) is 0. The SMILES string of the molecule is O=C(CCc1ccccn1)c1ccc(Cl)cc1. The molecule has 0 bridgehead atoms. The molecule has 0 atom stereocenters. The van der Waals surface area contributed by atoms with Gasteiger partial charge in [-0.1, -0.05) is 17.7 Å². The lowest BCUT2D eigenvalue weighted by Crippen LogP contribution is -2.01. The summed E-state index contributed by atoms with van der Waals surface area (Å²) in [7, 11) is 0. The van der Waals surface area contributed by atoms with E-state index in [0.717, 1.165) is 5.69 Å². The van der Waals surface area contributed by atoms with Crippen LogP contribution in [-0.2, 0) is 6.42 Å². The number of aromatic nitrogens is 1. The summed E-state index contributed by atoms with van der Waals surface area (Å²) >= 11 is 5.77. The molecule has 0 aliphatic rings. The predicted molar refractivity (Wildman–Crippen MR) is 68.3 cm³/mol. The summed E-state index contributed by atoms with van der Waals surface area (Å²) in [5.41, 5.74) is 1.64. The maximum Gasteiger partial charge on any atom is 0.163 e. The molecule has 2 aromatic rings. The Balaban J connectivity index is 1.96. The fraction of sp³-hybridized carbons (Fsp3) is 0.143. The Labute approximate surface area is 105 Å². The van der Waals surface area contributed by atoms with E-state index in [2.05, 4.69) is 4.98 Å². The molecule has 0 aliphatic carbocycles. The van der Waals surface area contributed by atoms with Crippen LogP contribution in [0.2, 0.25) is 5.02 Å². The molecule has 1 aromatic carbocycles. The summed E-state index contributed by atoms with van der Waals surface area (Å²) in [6, 6.07) is 12.7. The molecule has 0 aliphatic heterocycles. The zero-order valence-corrected chi connectivity index (χ0v) is 10.0. The van der Waals surface area contributed by atoms with Crippen molar-refractivity contribution in [3.63, 3.8) is 0 Å². The lowest BCUT2D eigenvalue weighted by Gasteiger charge is -2.01. The minimum atomic E-state index is 0.118. The van der Waals surface area contributed by atoms with Crippen molar-refractivity contribution in [2.75, 3.05) is 0 Å². The van der Waals surface area contributed by atoms with Crippen LogP contribution >= 0.6 is 11.6 Å². The van der Waals surface area contributed by atoms with E-state index >= 15 is 0 Å². The van der Waals surface area contributed by atoms with E-state index in [4.69, 9.17) is 11.6 Å². The molecule has 17 heavy (non-hydrogen) atoms. The Hall–Kier alpha value is -1.67. The van der Waals surface area contributed by atoms with Gasteiger partial charge < -0.3 is 0 Å². The van der Waals surface area contributed by atoms with Gasteiger partial charge in [0.2, 0.25) is 0 Å². The van der Waals surface area contributed by atoms with Crippen molar-refractivity contribution in [3.8, 4) is 0 Å². The van der Waals surface area contributed by atoms with Crippen LogP contribution < -0.4 is 0 Å². The molecule has 3 heteroatoms. The van der Waals surface area contributed by atoms with Crippen LogP contribution in [0, 0.1) is 0 Å². The van der Waals surface area contributed by atoms with Crippen LogP contribution in [0.5, 0.6) is 0 Å². The third-order valence-corrected chi connectivity index (χ3v) is 2.75. The second kappa shape index (κ2) is 5.60. The van der Waals surface area contributed by atoms with Gasteiger partial charge in [-0.25, -0.2) is 0 Å². The monoisotopic (exact) mass is 245 g/mol. The number of Topliss-reactive ketones (excluding diaryl/α,β-unsaturated/α-hetero) is 1. The van der Waals surface area contributed by atoms with Crippen molar-refractivity contribution in [1.82, 2.24) is 4.98 Å². The number of carbonyl (C=O) groups is 1. The third-order valence-electron chi connectivity index (χ3n) is 2.50. The van der Waals surface area contributed by atoms with Gasteiger partial charge in [-0.05, 0) is 42.8 Å². The van der Waals surface area contributed by atoms with Crippen LogP contribution in [0.1, 0.15) is 22.5 Å². The van der Waals surface area contributed by atoms with Gasteiger partial charge >= 0.3 is 0 Å². The smallest absolute Gasteiger partial charge is 0.163 e. The largest absolute Gasteiger partial charge is 0.294 e. The van der Waals surface area contributed by atoms with Gasteiger partial charge in [-0.2, -0.15) is 0 Å². The first kappa shape index (κ1) is 11.8. The minimum absolute atomic E-state index is 0.118. The van der Waals surface area contributed by atoms with Gasteiger partial charge in [0.05, 0.1) is 0 Å². The van der Waals surface area contributed by atoms with Gasteiger partial charge in [0.15, 0.2) is 5.78 Å². The molecule has 0 fully saturated rings. The maximum absolute atomic E-state index is 11.9. The zero-order chi connectivity index (χ0) is 12.1. The third kappa shape index (κ3) is 3.40. The van der Waals surface area contributed by atoms with E-state index in [9.17, 15) is 4.79 Å². The zero-order valence-electron chi connectivity index (χ0n) is 9.27. The number of aryl methyl sites for hydroxylation is 1. The van der Waals surface area contributed by atoms with Crippen molar-refractivity contribution in [2.24, 2.45) is 0 Å². The first-order chi connectivity index (χ1) is 8.25. The minimum Gasteiger partial charge on any atom is -0.294 e. The van der Waals surface area contributed by atoms with Gasteiger partial charge in [0.25, 0.3) is 0 Å². The first-order valence-corrected chi connectivity index (χ1v) is 5.82. The Kier molecular flexibility index (Phi) is 3.89. The lowest BCUT2D eigenvalue weighted by molar-refractivity contribution is 0.0982. The van der Waals surface area contributed by atoms with Gasteiger partial charge in [0.1, 0.15) is 0 Å². The maximum atomic E-state index is 11.9. The number of benzene rings is 1. The van der Waals surface area contributed by atoms with E-state index < -0.39 is 0 Å². The Morgan fingerprint density at radius 1 is 1.12 bits per heavy atom.